The summed E-state index contributed by atoms with van der Waals surface area (Å²) in [5.74, 6) is -3.41. The summed E-state index contributed by atoms with van der Waals surface area (Å²) in [5.41, 5.74) is -1.90. The second-order valence-electron chi connectivity index (χ2n) is 7.14. The van der Waals surface area contributed by atoms with Crippen LogP contribution in [-0.2, 0) is 4.79 Å². The van der Waals surface area contributed by atoms with Crippen molar-refractivity contribution in [3.8, 4) is 23.0 Å². The highest BCUT2D eigenvalue weighted by molar-refractivity contribution is 6.30. The van der Waals surface area contributed by atoms with Crippen LogP contribution in [0.3, 0.4) is 0 Å². The summed E-state index contributed by atoms with van der Waals surface area (Å²) in [6.07, 6.45) is -2.25. The summed E-state index contributed by atoms with van der Waals surface area (Å²) in [7, 11) is 2.70. The molecule has 0 unspecified atom stereocenters. The fourth-order valence-corrected chi connectivity index (χ4v) is 4.11. The lowest BCUT2D eigenvalue weighted by molar-refractivity contribution is -0.121. The third-order valence-corrected chi connectivity index (χ3v) is 5.53. The Labute approximate surface area is 175 Å². The van der Waals surface area contributed by atoms with Crippen molar-refractivity contribution >= 4 is 17.3 Å². The Morgan fingerprint density at radius 2 is 1.74 bits per heavy atom. The quantitative estimate of drug-likeness (QED) is 0.370. The number of carbonyl (C=O) groups is 3. The molecule has 1 aliphatic heterocycles. The van der Waals surface area contributed by atoms with Crippen LogP contribution >= 0.6 is 0 Å². The van der Waals surface area contributed by atoms with Crippen molar-refractivity contribution in [3.63, 3.8) is 0 Å². The number of benzene rings is 2. The van der Waals surface area contributed by atoms with Gasteiger partial charge in [-0.2, -0.15) is 0 Å². The van der Waals surface area contributed by atoms with Gasteiger partial charge in [-0.25, -0.2) is 0 Å². The topological polar surface area (TPSA) is 163 Å². The predicted molar refractivity (Wildman–Crippen MR) is 104 cm³/mol. The number of phenols is 2. The number of likely N-dealkylation sites (N-methyl/N-ethyl adjacent to an activating group) is 1. The van der Waals surface area contributed by atoms with E-state index in [1.165, 1.54) is 20.2 Å². The molecular weight excluding hydrogens is 410 g/mol. The van der Waals surface area contributed by atoms with Gasteiger partial charge in [0.15, 0.2) is 35.1 Å². The summed E-state index contributed by atoms with van der Waals surface area (Å²) in [5, 5.41) is 43.7. The molecule has 0 amide bonds. The number of Topliss-reactive ketones (excluding diaryl/α,β-unsaturated/α-hetero) is 1. The van der Waals surface area contributed by atoms with E-state index < -0.39 is 52.1 Å². The number of hydrogen-bond acceptors (Lipinski definition) is 10. The number of phenolic OH excluding ortho intramolecular Hbond substituents is 2. The van der Waals surface area contributed by atoms with Gasteiger partial charge in [0, 0.05) is 23.1 Å². The fraction of sp³-hybridized carbons (Fsp3) is 0.286. The van der Waals surface area contributed by atoms with E-state index in [0.717, 1.165) is 6.07 Å². The van der Waals surface area contributed by atoms with Gasteiger partial charge in [-0.15, -0.1) is 0 Å². The molecule has 1 heterocycles. The van der Waals surface area contributed by atoms with E-state index in [4.69, 9.17) is 9.47 Å². The maximum atomic E-state index is 13.4. The van der Waals surface area contributed by atoms with Crippen molar-refractivity contribution in [3.05, 3.63) is 45.5 Å². The van der Waals surface area contributed by atoms with Crippen molar-refractivity contribution in [1.82, 2.24) is 5.32 Å². The molecule has 0 saturated carbocycles. The smallest absolute Gasteiger partial charge is 0.198 e. The number of nitrogens with one attached hydrogen (secondary N) is 1. The van der Waals surface area contributed by atoms with E-state index >= 15 is 0 Å². The normalized spacial score (nSPS) is 17.6. The Balaban J connectivity index is 2.05. The molecule has 5 N–H and O–H groups in total. The number of methoxy groups -OCH3 is 1. The van der Waals surface area contributed by atoms with E-state index in [1.807, 2.05) is 0 Å². The lowest BCUT2D eigenvalue weighted by Gasteiger charge is -2.26. The molecule has 0 radical (unpaired) electrons. The van der Waals surface area contributed by atoms with E-state index in [-0.39, 0.29) is 47.0 Å². The van der Waals surface area contributed by atoms with Gasteiger partial charge in [0.1, 0.15) is 11.5 Å². The zero-order valence-electron chi connectivity index (χ0n) is 16.6. The molecule has 1 atom stereocenters. The zero-order valence-corrected chi connectivity index (χ0v) is 16.6. The number of rotatable bonds is 3. The van der Waals surface area contributed by atoms with Crippen molar-refractivity contribution in [2.75, 3.05) is 20.8 Å². The molecule has 2 aliphatic rings. The van der Waals surface area contributed by atoms with Crippen LogP contribution in [0.5, 0.6) is 23.0 Å². The number of hydrogen-bond donors (Lipinski definition) is 5. The molecule has 10 nitrogen and oxygen atoms in total. The zero-order chi connectivity index (χ0) is 22.6. The van der Waals surface area contributed by atoms with Gasteiger partial charge in [-0.05, 0) is 19.2 Å². The predicted octanol–water partition coefficient (Wildman–Crippen LogP) is 0.477. The summed E-state index contributed by atoms with van der Waals surface area (Å²) < 4.78 is 10.6. The summed E-state index contributed by atoms with van der Waals surface area (Å²) >= 11 is 0. The number of aromatic hydroxyl groups is 2. The Hall–Kier alpha value is -3.47. The molecular formula is C21H19NO9. The van der Waals surface area contributed by atoms with Crippen molar-refractivity contribution in [2.45, 2.75) is 18.8 Å². The molecule has 162 valence electrons. The molecule has 0 bridgehead atoms. The highest BCUT2D eigenvalue weighted by Gasteiger charge is 2.41. The molecule has 1 aliphatic carbocycles. The molecule has 0 spiro atoms. The summed E-state index contributed by atoms with van der Waals surface area (Å²) in [4.78, 5) is 39.0. The summed E-state index contributed by atoms with van der Waals surface area (Å²) in [6.45, 7) is 0.0313. The fourth-order valence-electron chi connectivity index (χ4n) is 4.11. The minimum absolute atomic E-state index is 0.0113. The van der Waals surface area contributed by atoms with Gasteiger partial charge in [-0.3, -0.25) is 14.4 Å². The monoisotopic (exact) mass is 429 g/mol. The number of ketones is 3. The first kappa shape index (κ1) is 20.8. The third-order valence-electron chi connectivity index (χ3n) is 5.53. The van der Waals surface area contributed by atoms with Crippen LogP contribution in [0, 0.1) is 0 Å². The first-order valence-electron chi connectivity index (χ1n) is 9.34. The number of aliphatic hydroxyl groups is 2. The molecule has 0 fully saturated rings. The van der Waals surface area contributed by atoms with Gasteiger partial charge < -0.3 is 35.2 Å². The summed E-state index contributed by atoms with van der Waals surface area (Å²) in [6, 6.07) is 1.42. The minimum atomic E-state index is -2.31. The molecule has 4 rings (SSSR count). The molecule has 2 aromatic rings. The first-order valence-corrected chi connectivity index (χ1v) is 9.34. The van der Waals surface area contributed by atoms with Crippen molar-refractivity contribution in [2.24, 2.45) is 0 Å². The molecule has 10 heteroatoms. The highest BCUT2D eigenvalue weighted by Crippen LogP contribution is 2.47. The average molecular weight is 429 g/mol. The minimum Gasteiger partial charge on any atom is -0.507 e. The van der Waals surface area contributed by atoms with Crippen LogP contribution in [0.2, 0.25) is 0 Å². The Bertz CT molecular complexity index is 1150. The van der Waals surface area contributed by atoms with Crippen LogP contribution in [0.1, 0.15) is 61.7 Å². The number of fused-ring (bicyclic) bond motifs is 3. The highest BCUT2D eigenvalue weighted by atomic mass is 16.5. The largest absolute Gasteiger partial charge is 0.507 e. The molecule has 0 saturated heterocycles. The van der Waals surface area contributed by atoms with Crippen LogP contribution < -0.4 is 14.8 Å². The van der Waals surface area contributed by atoms with Crippen LogP contribution in [0.15, 0.2) is 12.1 Å². The SMILES string of the molecule is CN[C@H]1C(=O)CCOc2cc3c(c(O)c21)C(=O)c1c(cc(OC)c(O)c1C(O)O)C3=O. The van der Waals surface area contributed by atoms with Gasteiger partial charge in [-0.1, -0.05) is 0 Å². The lowest BCUT2D eigenvalue weighted by atomic mass is 9.79. The van der Waals surface area contributed by atoms with E-state index in [9.17, 15) is 34.8 Å². The van der Waals surface area contributed by atoms with E-state index in [0.29, 0.717) is 0 Å². The molecule has 0 aromatic heterocycles. The number of carbonyl (C=O) groups excluding carboxylic acids is 3. The number of aliphatic hydroxyl groups excluding tert-OH is 1. The molecule has 2 aromatic carbocycles. The van der Waals surface area contributed by atoms with E-state index in [1.54, 1.807) is 0 Å². The second-order valence-corrected chi connectivity index (χ2v) is 7.14. The van der Waals surface area contributed by atoms with Crippen LogP contribution in [0.25, 0.3) is 0 Å². The van der Waals surface area contributed by atoms with Gasteiger partial charge in [0.25, 0.3) is 0 Å². The average Bonchev–Trinajstić information content (AvgIpc) is 2.89. The first-order chi connectivity index (χ1) is 14.7. The van der Waals surface area contributed by atoms with Gasteiger partial charge in [0.05, 0.1) is 36.4 Å². The maximum absolute atomic E-state index is 13.4. The number of ether oxygens (including phenoxy) is 2. The van der Waals surface area contributed by atoms with Crippen molar-refractivity contribution < 1.29 is 44.3 Å². The van der Waals surface area contributed by atoms with Crippen LogP contribution in [-0.4, -0.2) is 58.5 Å². The molecule has 31 heavy (non-hydrogen) atoms. The maximum Gasteiger partial charge on any atom is 0.198 e. The van der Waals surface area contributed by atoms with Crippen molar-refractivity contribution in [1.29, 1.82) is 0 Å². The van der Waals surface area contributed by atoms with Crippen LogP contribution in [0.4, 0.5) is 0 Å². The third kappa shape index (κ3) is 2.87. The van der Waals surface area contributed by atoms with E-state index in [2.05, 4.69) is 5.32 Å². The van der Waals surface area contributed by atoms with Gasteiger partial charge >= 0.3 is 0 Å². The van der Waals surface area contributed by atoms with Gasteiger partial charge in [0.2, 0.25) is 0 Å². The Morgan fingerprint density at radius 3 is 2.35 bits per heavy atom. The lowest BCUT2D eigenvalue weighted by Crippen LogP contribution is -2.27. The Morgan fingerprint density at radius 1 is 1.06 bits per heavy atom. The Kier molecular flexibility index (Phi) is 4.92. The second kappa shape index (κ2) is 7.34. The standard InChI is InChI=1S/C21H19NO9/c1-22-16-9(23)3-4-31-10-5-8-13(20(27)14(10)16)19(26)12-7(17(8)24)6-11(30-2)18(25)15(12)21(28)29/h5-6,16,21-22,25,27-29H,3-4H2,1-2H3/t16-/m0/s1.